The van der Waals surface area contributed by atoms with E-state index in [-0.39, 0.29) is 6.10 Å². The number of benzene rings is 2. The lowest BCUT2D eigenvalue weighted by Crippen LogP contribution is -2.32. The molecule has 3 rings (SSSR count). The second-order valence-electron chi connectivity index (χ2n) is 6.79. The summed E-state index contributed by atoms with van der Waals surface area (Å²) in [6, 6.07) is 16.5. The number of fused-ring (bicyclic) bond motifs is 1. The molecule has 0 aliphatic carbocycles. The van der Waals surface area contributed by atoms with Gasteiger partial charge in [0.05, 0.1) is 6.10 Å². The highest BCUT2D eigenvalue weighted by Crippen LogP contribution is 2.27. The standard InChI is InChI=1S/C21H27N3OS/c1-16(2)25-19-10-8-18(9-11-19)23-21(26)22-13-5-14-24-15-12-17-6-3-4-7-20(17)24/h3-4,6-11,16H,5,12-15H2,1-2H3,(H2,22,23,26). The van der Waals surface area contributed by atoms with Gasteiger partial charge in [0.1, 0.15) is 5.75 Å². The van der Waals surface area contributed by atoms with E-state index in [9.17, 15) is 0 Å². The third-order valence-electron chi connectivity index (χ3n) is 4.36. The molecule has 0 aromatic heterocycles. The van der Waals surface area contributed by atoms with Crippen LogP contribution in [0, 0.1) is 0 Å². The predicted octanol–water partition coefficient (Wildman–Crippen LogP) is 4.21. The van der Waals surface area contributed by atoms with E-state index in [1.54, 1.807) is 0 Å². The van der Waals surface area contributed by atoms with E-state index in [1.165, 1.54) is 11.3 Å². The zero-order chi connectivity index (χ0) is 18.4. The van der Waals surface area contributed by atoms with Crippen molar-refractivity contribution in [3.05, 3.63) is 54.1 Å². The van der Waals surface area contributed by atoms with Crippen LogP contribution in [0.25, 0.3) is 0 Å². The Balaban J connectivity index is 1.37. The summed E-state index contributed by atoms with van der Waals surface area (Å²) in [5.41, 5.74) is 3.81. The number of thiocarbonyl (C=S) groups is 1. The van der Waals surface area contributed by atoms with E-state index in [1.807, 2.05) is 38.1 Å². The Hall–Kier alpha value is -2.27. The molecule has 138 valence electrons. The van der Waals surface area contributed by atoms with Crippen LogP contribution in [0.15, 0.2) is 48.5 Å². The Labute approximate surface area is 161 Å². The number of hydrogen-bond acceptors (Lipinski definition) is 3. The average molecular weight is 370 g/mol. The van der Waals surface area contributed by atoms with Gasteiger partial charge in [-0.05, 0) is 74.8 Å². The predicted molar refractivity (Wildman–Crippen MR) is 113 cm³/mol. The van der Waals surface area contributed by atoms with E-state index >= 15 is 0 Å². The summed E-state index contributed by atoms with van der Waals surface area (Å²) in [6.45, 7) is 7.07. The molecule has 5 heteroatoms. The van der Waals surface area contributed by atoms with Gasteiger partial charge in [-0.3, -0.25) is 0 Å². The van der Waals surface area contributed by atoms with Crippen LogP contribution in [-0.2, 0) is 6.42 Å². The van der Waals surface area contributed by atoms with Gasteiger partial charge in [0.2, 0.25) is 0 Å². The van der Waals surface area contributed by atoms with E-state index in [2.05, 4.69) is 39.8 Å². The third kappa shape index (κ3) is 5.11. The van der Waals surface area contributed by atoms with Crippen molar-refractivity contribution in [1.82, 2.24) is 5.32 Å². The molecular weight excluding hydrogens is 342 g/mol. The van der Waals surface area contributed by atoms with Crippen molar-refractivity contribution in [2.45, 2.75) is 32.8 Å². The summed E-state index contributed by atoms with van der Waals surface area (Å²) in [5.74, 6) is 0.871. The van der Waals surface area contributed by atoms with Gasteiger partial charge >= 0.3 is 0 Å². The Morgan fingerprint density at radius 1 is 1.15 bits per heavy atom. The number of anilines is 2. The van der Waals surface area contributed by atoms with Crippen molar-refractivity contribution < 1.29 is 4.74 Å². The Morgan fingerprint density at radius 3 is 2.69 bits per heavy atom. The Bertz CT molecular complexity index is 730. The zero-order valence-corrected chi connectivity index (χ0v) is 16.3. The SMILES string of the molecule is CC(C)Oc1ccc(NC(=S)NCCCN2CCc3ccccc32)cc1. The molecule has 1 heterocycles. The van der Waals surface area contributed by atoms with E-state index in [0.29, 0.717) is 5.11 Å². The summed E-state index contributed by atoms with van der Waals surface area (Å²) in [6.07, 6.45) is 2.39. The molecular formula is C21H27N3OS. The van der Waals surface area contributed by atoms with Crippen LogP contribution in [0.5, 0.6) is 5.75 Å². The van der Waals surface area contributed by atoms with Gasteiger partial charge in [-0.1, -0.05) is 18.2 Å². The van der Waals surface area contributed by atoms with Crippen LogP contribution < -0.4 is 20.3 Å². The molecule has 26 heavy (non-hydrogen) atoms. The topological polar surface area (TPSA) is 36.5 Å². The number of nitrogens with zero attached hydrogens (tertiary/aromatic N) is 1. The van der Waals surface area contributed by atoms with Gasteiger partial charge in [-0.2, -0.15) is 0 Å². The maximum Gasteiger partial charge on any atom is 0.170 e. The summed E-state index contributed by atoms with van der Waals surface area (Å²) in [7, 11) is 0. The van der Waals surface area contributed by atoms with E-state index in [4.69, 9.17) is 17.0 Å². The minimum atomic E-state index is 0.180. The van der Waals surface area contributed by atoms with Crippen LogP contribution in [0.3, 0.4) is 0 Å². The molecule has 0 saturated heterocycles. The van der Waals surface area contributed by atoms with Crippen molar-refractivity contribution in [3.8, 4) is 5.75 Å². The van der Waals surface area contributed by atoms with Crippen LogP contribution in [0.1, 0.15) is 25.8 Å². The first kappa shape index (κ1) is 18.5. The number of nitrogens with one attached hydrogen (secondary N) is 2. The molecule has 0 spiro atoms. The largest absolute Gasteiger partial charge is 0.491 e. The molecule has 0 bridgehead atoms. The fraction of sp³-hybridized carbons (Fsp3) is 0.381. The molecule has 1 aliphatic rings. The fourth-order valence-corrected chi connectivity index (χ4v) is 3.39. The summed E-state index contributed by atoms with van der Waals surface area (Å²) in [4.78, 5) is 2.46. The summed E-state index contributed by atoms with van der Waals surface area (Å²) >= 11 is 5.38. The average Bonchev–Trinajstić information content (AvgIpc) is 3.03. The van der Waals surface area contributed by atoms with E-state index < -0.39 is 0 Å². The highest BCUT2D eigenvalue weighted by Gasteiger charge is 2.17. The zero-order valence-electron chi connectivity index (χ0n) is 15.5. The molecule has 4 nitrogen and oxygen atoms in total. The van der Waals surface area contributed by atoms with Gasteiger partial charge in [0, 0.05) is 31.0 Å². The van der Waals surface area contributed by atoms with E-state index in [0.717, 1.165) is 43.9 Å². The molecule has 0 radical (unpaired) electrons. The number of ether oxygens (including phenoxy) is 1. The molecule has 2 aromatic rings. The fourth-order valence-electron chi connectivity index (χ4n) is 3.17. The van der Waals surface area contributed by atoms with Crippen LogP contribution in [-0.4, -0.2) is 30.9 Å². The number of hydrogen-bond donors (Lipinski definition) is 2. The first-order valence-corrected chi connectivity index (χ1v) is 9.67. The minimum absolute atomic E-state index is 0.180. The quantitative estimate of drug-likeness (QED) is 0.565. The van der Waals surface area contributed by atoms with Crippen molar-refractivity contribution in [1.29, 1.82) is 0 Å². The van der Waals surface area contributed by atoms with Crippen molar-refractivity contribution >= 4 is 28.7 Å². The van der Waals surface area contributed by atoms with Crippen molar-refractivity contribution in [2.24, 2.45) is 0 Å². The first-order valence-electron chi connectivity index (χ1n) is 9.26. The lowest BCUT2D eigenvalue weighted by molar-refractivity contribution is 0.242. The summed E-state index contributed by atoms with van der Waals surface area (Å²) in [5, 5.41) is 7.16. The lowest BCUT2D eigenvalue weighted by atomic mass is 10.2. The molecule has 2 N–H and O–H groups in total. The molecule has 1 aliphatic heterocycles. The van der Waals surface area contributed by atoms with Gasteiger partial charge in [0.15, 0.2) is 5.11 Å². The Morgan fingerprint density at radius 2 is 1.92 bits per heavy atom. The number of rotatable bonds is 7. The Kier molecular flexibility index (Phi) is 6.34. The number of para-hydroxylation sites is 1. The van der Waals surface area contributed by atoms with Gasteiger partial charge in [-0.25, -0.2) is 0 Å². The smallest absolute Gasteiger partial charge is 0.170 e. The van der Waals surface area contributed by atoms with Gasteiger partial charge in [-0.15, -0.1) is 0 Å². The highest BCUT2D eigenvalue weighted by atomic mass is 32.1. The monoisotopic (exact) mass is 369 g/mol. The maximum absolute atomic E-state index is 5.65. The summed E-state index contributed by atoms with van der Waals surface area (Å²) < 4.78 is 5.65. The van der Waals surface area contributed by atoms with Gasteiger partial charge in [0.25, 0.3) is 0 Å². The molecule has 0 fully saturated rings. The highest BCUT2D eigenvalue weighted by molar-refractivity contribution is 7.80. The molecule has 0 amide bonds. The minimum Gasteiger partial charge on any atom is -0.491 e. The third-order valence-corrected chi connectivity index (χ3v) is 4.60. The van der Waals surface area contributed by atoms with Crippen LogP contribution in [0.2, 0.25) is 0 Å². The lowest BCUT2D eigenvalue weighted by Gasteiger charge is -2.19. The molecule has 0 saturated carbocycles. The molecule has 0 unspecified atom stereocenters. The van der Waals surface area contributed by atoms with Crippen LogP contribution in [0.4, 0.5) is 11.4 Å². The van der Waals surface area contributed by atoms with Crippen LogP contribution >= 0.6 is 12.2 Å². The first-order chi connectivity index (χ1) is 12.6. The maximum atomic E-state index is 5.65. The van der Waals surface area contributed by atoms with Gasteiger partial charge < -0.3 is 20.3 Å². The normalized spacial score (nSPS) is 12.8. The molecule has 2 aromatic carbocycles. The second kappa shape index (κ2) is 8.90. The van der Waals surface area contributed by atoms with Crippen molar-refractivity contribution in [2.75, 3.05) is 29.9 Å². The van der Waals surface area contributed by atoms with Crippen molar-refractivity contribution in [3.63, 3.8) is 0 Å². The second-order valence-corrected chi connectivity index (χ2v) is 7.20. The molecule has 0 atom stereocenters.